The summed E-state index contributed by atoms with van der Waals surface area (Å²) >= 11 is 1.49. The highest BCUT2D eigenvalue weighted by atomic mass is 35.5. The Morgan fingerprint density at radius 3 is 2.20 bits per heavy atom. The molecular weight excluding hydrogens is 428 g/mol. The molecule has 1 aliphatic heterocycles. The maximum Gasteiger partial charge on any atom is 0.254 e. The van der Waals surface area contributed by atoms with E-state index in [2.05, 4.69) is 0 Å². The van der Waals surface area contributed by atoms with Gasteiger partial charge >= 0.3 is 0 Å². The van der Waals surface area contributed by atoms with Gasteiger partial charge in [-0.15, -0.1) is 11.3 Å². The van der Waals surface area contributed by atoms with Gasteiger partial charge < -0.3 is 36.4 Å². The number of Topliss-reactive ketones (excluding diaryl/α,β-unsaturated/α-hetero) is 1. The monoisotopic (exact) mass is 454 g/mol. The van der Waals surface area contributed by atoms with Crippen LogP contribution >= 0.6 is 11.3 Å². The minimum absolute atomic E-state index is 0. The molecule has 3 rings (SSSR count). The number of quaternary nitrogens is 1. The Morgan fingerprint density at radius 1 is 1.07 bits per heavy atom. The molecule has 7 nitrogen and oxygen atoms in total. The number of hydrogen-bond acceptors (Lipinski definition) is 6. The third-order valence-electron chi connectivity index (χ3n) is 5.17. The number of halogens is 1. The molecule has 0 atom stereocenters. The van der Waals surface area contributed by atoms with Crippen LogP contribution in [-0.4, -0.2) is 70.6 Å². The zero-order valence-corrected chi connectivity index (χ0v) is 19.0. The summed E-state index contributed by atoms with van der Waals surface area (Å²) in [4.78, 5) is 29.2. The highest BCUT2D eigenvalue weighted by Gasteiger charge is 2.27. The average molecular weight is 455 g/mol. The van der Waals surface area contributed by atoms with Gasteiger partial charge in [0.2, 0.25) is 5.75 Å². The summed E-state index contributed by atoms with van der Waals surface area (Å²) in [5, 5.41) is 1.92. The Kier molecular flexibility index (Phi) is 8.95. The quantitative estimate of drug-likeness (QED) is 0.486. The van der Waals surface area contributed by atoms with Crippen molar-refractivity contribution in [1.82, 2.24) is 4.90 Å². The zero-order chi connectivity index (χ0) is 20.8. The molecule has 0 spiro atoms. The van der Waals surface area contributed by atoms with Crippen molar-refractivity contribution < 1.29 is 41.1 Å². The molecule has 30 heavy (non-hydrogen) atoms. The van der Waals surface area contributed by atoms with E-state index in [4.69, 9.17) is 14.2 Å². The van der Waals surface area contributed by atoms with Gasteiger partial charge in [0.05, 0.1) is 65.4 Å². The highest BCUT2D eigenvalue weighted by molar-refractivity contribution is 7.12. The number of carbonyl (C=O) groups is 2. The fourth-order valence-electron chi connectivity index (χ4n) is 3.51. The number of ketones is 1. The van der Waals surface area contributed by atoms with Crippen LogP contribution in [0.4, 0.5) is 0 Å². The largest absolute Gasteiger partial charge is 1.00 e. The number of ether oxygens (including phenoxy) is 3. The first-order valence-corrected chi connectivity index (χ1v) is 10.4. The van der Waals surface area contributed by atoms with Gasteiger partial charge in [-0.05, 0) is 23.6 Å². The fourth-order valence-corrected chi connectivity index (χ4v) is 4.21. The Labute approximate surface area is 186 Å². The van der Waals surface area contributed by atoms with Crippen molar-refractivity contribution >= 4 is 23.0 Å². The summed E-state index contributed by atoms with van der Waals surface area (Å²) in [7, 11) is 4.60. The number of nitrogens with one attached hydrogen (secondary N) is 1. The first kappa shape index (κ1) is 24.0. The summed E-state index contributed by atoms with van der Waals surface area (Å²) in [6, 6.07) is 7.14. The number of piperazine rings is 1. The van der Waals surface area contributed by atoms with Gasteiger partial charge in [-0.1, -0.05) is 6.07 Å². The number of benzene rings is 1. The van der Waals surface area contributed by atoms with E-state index in [0.717, 1.165) is 24.5 Å². The van der Waals surface area contributed by atoms with E-state index in [0.29, 0.717) is 42.3 Å². The van der Waals surface area contributed by atoms with Crippen molar-refractivity contribution in [2.75, 3.05) is 54.1 Å². The zero-order valence-electron chi connectivity index (χ0n) is 17.4. The molecule has 0 aliphatic carbocycles. The minimum Gasteiger partial charge on any atom is -1.00 e. The Bertz CT molecular complexity index is 826. The number of nitrogens with zero attached hydrogens (tertiary/aromatic N) is 1. The lowest BCUT2D eigenvalue weighted by Crippen LogP contribution is -3.14. The van der Waals surface area contributed by atoms with Gasteiger partial charge in [0.25, 0.3) is 5.91 Å². The normalized spacial score (nSPS) is 14.0. The number of methoxy groups -OCH3 is 3. The molecule has 1 amide bonds. The standard InChI is InChI=1S/C21H26N2O5S.ClH/c1-26-17-13-15(14-18(27-2)20(17)28-3)21(25)23-10-8-22(9-11-23)7-6-16(24)19-5-4-12-29-19;/h4-5,12-14H,6-11H2,1-3H3;1H. The summed E-state index contributed by atoms with van der Waals surface area (Å²) in [5.74, 6) is 1.54. The number of rotatable bonds is 8. The maximum atomic E-state index is 13.0. The molecule has 2 heterocycles. The van der Waals surface area contributed by atoms with Crippen LogP contribution in [0.3, 0.4) is 0 Å². The molecular formula is C21H27ClN2O5S. The van der Waals surface area contributed by atoms with E-state index < -0.39 is 0 Å². The molecule has 1 fully saturated rings. The molecule has 1 N–H and O–H groups in total. The van der Waals surface area contributed by atoms with E-state index in [-0.39, 0.29) is 24.1 Å². The molecule has 1 saturated heterocycles. The van der Waals surface area contributed by atoms with Crippen molar-refractivity contribution in [2.45, 2.75) is 6.42 Å². The SMILES string of the molecule is COc1cc(C(=O)N2CC[NH+](CCC(=O)c3cccs3)CC2)cc(OC)c1OC.[Cl-]. The topological polar surface area (TPSA) is 69.5 Å². The van der Waals surface area contributed by atoms with Crippen molar-refractivity contribution in [3.05, 3.63) is 40.1 Å². The summed E-state index contributed by atoms with van der Waals surface area (Å²) < 4.78 is 16.0. The first-order chi connectivity index (χ1) is 14.1. The van der Waals surface area contributed by atoms with Crippen LogP contribution in [0.5, 0.6) is 17.2 Å². The third kappa shape index (κ3) is 5.44. The molecule has 2 aromatic rings. The molecule has 0 saturated carbocycles. The van der Waals surface area contributed by atoms with Crippen LogP contribution in [0.2, 0.25) is 0 Å². The summed E-state index contributed by atoms with van der Waals surface area (Å²) in [6.45, 7) is 3.75. The Hall–Kier alpha value is -2.29. The van der Waals surface area contributed by atoms with Crippen molar-refractivity contribution in [1.29, 1.82) is 0 Å². The minimum atomic E-state index is -0.0574. The Morgan fingerprint density at radius 2 is 1.70 bits per heavy atom. The van der Waals surface area contributed by atoms with E-state index in [1.54, 1.807) is 12.1 Å². The van der Waals surface area contributed by atoms with Gasteiger partial charge in [0.1, 0.15) is 0 Å². The average Bonchev–Trinajstić information content (AvgIpc) is 3.31. The third-order valence-corrected chi connectivity index (χ3v) is 6.08. The lowest BCUT2D eigenvalue weighted by atomic mass is 10.1. The summed E-state index contributed by atoms with van der Waals surface area (Å²) in [5.41, 5.74) is 0.510. The number of amides is 1. The lowest BCUT2D eigenvalue weighted by Gasteiger charge is -2.32. The van der Waals surface area contributed by atoms with Gasteiger partial charge in [-0.2, -0.15) is 0 Å². The van der Waals surface area contributed by atoms with Gasteiger partial charge in [0.15, 0.2) is 17.3 Å². The van der Waals surface area contributed by atoms with Crippen LogP contribution in [0.1, 0.15) is 26.5 Å². The van der Waals surface area contributed by atoms with E-state index >= 15 is 0 Å². The Balaban J connectivity index is 0.00000320. The predicted molar refractivity (Wildman–Crippen MR) is 111 cm³/mol. The van der Waals surface area contributed by atoms with E-state index in [1.807, 2.05) is 22.4 Å². The van der Waals surface area contributed by atoms with Crippen LogP contribution < -0.4 is 31.5 Å². The summed E-state index contributed by atoms with van der Waals surface area (Å²) in [6.07, 6.45) is 0.538. The second-order valence-electron chi connectivity index (χ2n) is 6.86. The molecule has 0 radical (unpaired) electrons. The van der Waals surface area contributed by atoms with E-state index in [9.17, 15) is 9.59 Å². The van der Waals surface area contributed by atoms with E-state index in [1.165, 1.54) is 37.6 Å². The molecule has 1 aliphatic rings. The highest BCUT2D eigenvalue weighted by Crippen LogP contribution is 2.38. The molecule has 1 aromatic carbocycles. The van der Waals surface area contributed by atoms with Crippen molar-refractivity contribution in [3.8, 4) is 17.2 Å². The lowest BCUT2D eigenvalue weighted by molar-refractivity contribution is -0.903. The maximum absolute atomic E-state index is 13.0. The van der Waals surface area contributed by atoms with Crippen molar-refractivity contribution in [3.63, 3.8) is 0 Å². The predicted octanol–water partition coefficient (Wildman–Crippen LogP) is -1.61. The van der Waals surface area contributed by atoms with Crippen LogP contribution in [0.15, 0.2) is 29.6 Å². The molecule has 0 bridgehead atoms. The molecule has 1 aromatic heterocycles. The number of carbonyl (C=O) groups excluding carboxylic acids is 2. The fraction of sp³-hybridized carbons (Fsp3) is 0.429. The first-order valence-electron chi connectivity index (χ1n) is 9.57. The van der Waals surface area contributed by atoms with Crippen LogP contribution in [-0.2, 0) is 0 Å². The molecule has 164 valence electrons. The van der Waals surface area contributed by atoms with Crippen LogP contribution in [0.25, 0.3) is 0 Å². The van der Waals surface area contributed by atoms with Crippen LogP contribution in [0, 0.1) is 0 Å². The van der Waals surface area contributed by atoms with Gasteiger partial charge in [0, 0.05) is 5.56 Å². The van der Waals surface area contributed by atoms with Crippen molar-refractivity contribution in [2.24, 2.45) is 0 Å². The smallest absolute Gasteiger partial charge is 0.254 e. The van der Waals surface area contributed by atoms with Gasteiger partial charge in [-0.25, -0.2) is 0 Å². The second kappa shape index (κ2) is 11.2. The molecule has 9 heteroatoms. The molecule has 0 unspecified atom stereocenters. The van der Waals surface area contributed by atoms with Gasteiger partial charge in [-0.3, -0.25) is 9.59 Å². The number of thiophene rings is 1. The second-order valence-corrected chi connectivity index (χ2v) is 7.80. The number of hydrogen-bond donors (Lipinski definition) is 1.